The van der Waals surface area contributed by atoms with Gasteiger partial charge >= 0.3 is 6.09 Å². The van der Waals surface area contributed by atoms with Gasteiger partial charge in [0.1, 0.15) is 12.3 Å². The molecule has 2 N–H and O–H groups in total. The summed E-state index contributed by atoms with van der Waals surface area (Å²) >= 11 is 0. The maximum Gasteiger partial charge on any atom is 0.412 e. The number of carbonyl (C=O) groups is 3. The van der Waals surface area contributed by atoms with E-state index in [0.717, 1.165) is 24.0 Å². The van der Waals surface area contributed by atoms with Crippen molar-refractivity contribution in [1.29, 1.82) is 0 Å². The molecule has 2 aromatic carbocycles. The van der Waals surface area contributed by atoms with Gasteiger partial charge in [-0.15, -0.1) is 0 Å². The number of methoxy groups -OCH3 is 1. The van der Waals surface area contributed by atoms with Crippen molar-refractivity contribution in [3.05, 3.63) is 71.3 Å². The van der Waals surface area contributed by atoms with Gasteiger partial charge < -0.3 is 24.8 Å². The van der Waals surface area contributed by atoms with Crippen LogP contribution in [-0.4, -0.2) is 61.4 Å². The van der Waals surface area contributed by atoms with E-state index in [9.17, 15) is 14.4 Å². The molecule has 0 saturated carbocycles. The lowest BCUT2D eigenvalue weighted by Gasteiger charge is -2.30. The van der Waals surface area contributed by atoms with E-state index in [1.165, 1.54) is 4.90 Å². The van der Waals surface area contributed by atoms with Crippen LogP contribution in [0.15, 0.2) is 54.6 Å². The first kappa shape index (κ1) is 35.8. The van der Waals surface area contributed by atoms with Crippen LogP contribution in [0.25, 0.3) is 0 Å². The molecule has 2 atom stereocenters. The summed E-state index contributed by atoms with van der Waals surface area (Å²) in [5.41, 5.74) is 1.81. The van der Waals surface area contributed by atoms with Gasteiger partial charge in [0.25, 0.3) is 5.91 Å². The van der Waals surface area contributed by atoms with Crippen molar-refractivity contribution in [2.75, 3.05) is 26.9 Å². The van der Waals surface area contributed by atoms with Crippen molar-refractivity contribution in [3.8, 4) is 0 Å². The number of rotatable bonds is 17. The van der Waals surface area contributed by atoms with E-state index in [1.54, 1.807) is 19.2 Å². The number of benzene rings is 2. The Kier molecular flexibility index (Phi) is 15.2. The fraction of sp³-hybridized carbons (Fsp3) is 0.559. The van der Waals surface area contributed by atoms with E-state index in [0.29, 0.717) is 37.5 Å². The van der Waals surface area contributed by atoms with Crippen LogP contribution in [0.3, 0.4) is 0 Å². The predicted molar refractivity (Wildman–Crippen MR) is 168 cm³/mol. The molecule has 0 fully saturated rings. The molecule has 0 aliphatic heterocycles. The minimum Gasteiger partial charge on any atom is -0.444 e. The van der Waals surface area contributed by atoms with Crippen molar-refractivity contribution < 1.29 is 28.6 Å². The molecule has 2 aromatic rings. The van der Waals surface area contributed by atoms with Crippen LogP contribution in [0.4, 0.5) is 4.79 Å². The predicted octanol–water partition coefficient (Wildman–Crippen LogP) is 5.92. The second kappa shape index (κ2) is 18.3. The van der Waals surface area contributed by atoms with Crippen molar-refractivity contribution in [1.82, 2.24) is 15.5 Å². The van der Waals surface area contributed by atoms with Gasteiger partial charge in [0.15, 0.2) is 0 Å². The standard InChI is InChI=1S/C34H51N3O6/c1-25(2)13-18-30(41-7)22-37(33(40)43-34(4,5)6)24-42-23-28-14-16-29(17-15-28)32(39)36-20-26(3)19-31(38)35-21-27-11-9-8-10-12-27/h8-12,14-17,25-26,30H,13,18-24H2,1-7H3,(H,35,38)(H,36,39). The lowest BCUT2D eigenvalue weighted by atomic mass is 10.0. The lowest BCUT2D eigenvalue weighted by molar-refractivity contribution is -0.122. The van der Waals surface area contributed by atoms with Crippen LogP contribution >= 0.6 is 0 Å². The van der Waals surface area contributed by atoms with E-state index < -0.39 is 11.7 Å². The first-order chi connectivity index (χ1) is 20.4. The Balaban J connectivity index is 1.81. The summed E-state index contributed by atoms with van der Waals surface area (Å²) in [7, 11) is 1.65. The first-order valence-electron chi connectivity index (χ1n) is 15.1. The maximum atomic E-state index is 12.9. The number of nitrogens with one attached hydrogen (secondary N) is 2. The zero-order chi connectivity index (χ0) is 31.8. The van der Waals surface area contributed by atoms with E-state index >= 15 is 0 Å². The third kappa shape index (κ3) is 15.0. The smallest absolute Gasteiger partial charge is 0.412 e. The molecule has 0 saturated heterocycles. The van der Waals surface area contributed by atoms with Crippen molar-refractivity contribution in [3.63, 3.8) is 0 Å². The van der Waals surface area contributed by atoms with Gasteiger partial charge in [-0.3, -0.25) is 14.5 Å². The van der Waals surface area contributed by atoms with Gasteiger partial charge in [-0.05, 0) is 68.7 Å². The highest BCUT2D eigenvalue weighted by atomic mass is 16.6. The third-order valence-electron chi connectivity index (χ3n) is 6.68. The van der Waals surface area contributed by atoms with E-state index in [2.05, 4.69) is 24.5 Å². The molecule has 2 rings (SSSR count). The number of carbonyl (C=O) groups excluding carboxylic acids is 3. The van der Waals surface area contributed by atoms with Crippen LogP contribution in [0.1, 0.15) is 82.3 Å². The second-order valence-electron chi connectivity index (χ2n) is 12.5. The number of amides is 3. The molecule has 0 heterocycles. The normalized spacial score (nSPS) is 12.8. The highest BCUT2D eigenvalue weighted by molar-refractivity contribution is 5.94. The highest BCUT2D eigenvalue weighted by Gasteiger charge is 2.25. The van der Waals surface area contributed by atoms with Gasteiger partial charge in [0.2, 0.25) is 5.91 Å². The fourth-order valence-corrected chi connectivity index (χ4v) is 4.21. The molecule has 238 valence electrons. The molecule has 0 aliphatic rings. The van der Waals surface area contributed by atoms with Gasteiger partial charge in [-0.2, -0.15) is 0 Å². The molecule has 3 amide bonds. The molecule has 0 spiro atoms. The fourth-order valence-electron chi connectivity index (χ4n) is 4.21. The van der Waals surface area contributed by atoms with Gasteiger partial charge in [0, 0.05) is 32.2 Å². The average molecular weight is 598 g/mol. The minimum absolute atomic E-state index is 0.0107. The Morgan fingerprint density at radius 1 is 0.884 bits per heavy atom. The summed E-state index contributed by atoms with van der Waals surface area (Å²) in [6, 6.07) is 16.9. The van der Waals surface area contributed by atoms with Crippen LogP contribution in [0.5, 0.6) is 0 Å². The Morgan fingerprint density at radius 2 is 1.56 bits per heavy atom. The van der Waals surface area contributed by atoms with Crippen LogP contribution in [0.2, 0.25) is 0 Å². The Hall–Kier alpha value is -3.43. The molecule has 0 aliphatic carbocycles. The second-order valence-corrected chi connectivity index (χ2v) is 12.5. The SMILES string of the molecule is COC(CCC(C)C)CN(COCc1ccc(C(=O)NCC(C)CC(=O)NCc2ccccc2)cc1)C(=O)OC(C)(C)C. The summed E-state index contributed by atoms with van der Waals surface area (Å²) in [5.74, 6) is 0.276. The Morgan fingerprint density at radius 3 is 2.16 bits per heavy atom. The molecule has 2 unspecified atom stereocenters. The topological polar surface area (TPSA) is 106 Å². The van der Waals surface area contributed by atoms with E-state index in [-0.39, 0.29) is 37.2 Å². The molecule has 9 nitrogen and oxygen atoms in total. The number of hydrogen-bond acceptors (Lipinski definition) is 6. The third-order valence-corrected chi connectivity index (χ3v) is 6.68. The van der Waals surface area contributed by atoms with Crippen LogP contribution < -0.4 is 10.6 Å². The van der Waals surface area contributed by atoms with Gasteiger partial charge in [-0.1, -0.05) is 63.2 Å². The van der Waals surface area contributed by atoms with Gasteiger partial charge in [0.05, 0.1) is 19.3 Å². The highest BCUT2D eigenvalue weighted by Crippen LogP contribution is 2.15. The molecule has 43 heavy (non-hydrogen) atoms. The summed E-state index contributed by atoms with van der Waals surface area (Å²) in [4.78, 5) is 39.3. The largest absolute Gasteiger partial charge is 0.444 e. The van der Waals surface area contributed by atoms with Crippen molar-refractivity contribution in [2.45, 2.75) is 85.7 Å². The molecule has 0 aromatic heterocycles. The number of ether oxygens (including phenoxy) is 3. The Labute approximate surface area is 257 Å². The molecular formula is C34H51N3O6. The summed E-state index contributed by atoms with van der Waals surface area (Å²) in [5, 5.41) is 5.83. The van der Waals surface area contributed by atoms with Crippen molar-refractivity contribution in [2.24, 2.45) is 11.8 Å². The summed E-state index contributed by atoms with van der Waals surface area (Å²) < 4.78 is 17.1. The summed E-state index contributed by atoms with van der Waals surface area (Å²) in [6.07, 6.45) is 1.57. The maximum absolute atomic E-state index is 12.9. The van der Waals surface area contributed by atoms with E-state index in [1.807, 2.05) is 70.2 Å². The number of nitrogens with zero attached hydrogens (tertiary/aromatic N) is 1. The average Bonchev–Trinajstić information content (AvgIpc) is 2.96. The van der Waals surface area contributed by atoms with Gasteiger partial charge in [-0.25, -0.2) is 4.79 Å². The quantitative estimate of drug-likeness (QED) is 0.219. The summed E-state index contributed by atoms with van der Waals surface area (Å²) in [6.45, 7) is 13.3. The molecule has 0 radical (unpaired) electrons. The van der Waals surface area contributed by atoms with Crippen molar-refractivity contribution >= 4 is 17.9 Å². The molecule has 0 bridgehead atoms. The number of hydrogen-bond donors (Lipinski definition) is 2. The van der Waals surface area contributed by atoms with Crippen LogP contribution in [-0.2, 0) is 32.2 Å². The van der Waals surface area contributed by atoms with E-state index in [4.69, 9.17) is 14.2 Å². The molecular weight excluding hydrogens is 546 g/mol. The molecule has 9 heteroatoms. The Bertz CT molecular complexity index is 1120. The lowest BCUT2D eigenvalue weighted by Crippen LogP contribution is -2.42. The monoisotopic (exact) mass is 597 g/mol. The first-order valence-corrected chi connectivity index (χ1v) is 15.1. The van der Waals surface area contributed by atoms with Crippen LogP contribution in [0, 0.1) is 11.8 Å². The zero-order valence-corrected chi connectivity index (χ0v) is 27.0. The zero-order valence-electron chi connectivity index (χ0n) is 27.0. The minimum atomic E-state index is -0.626.